The molecular formula is C13H19ClO. The van der Waals surface area contributed by atoms with Crippen LogP contribution >= 0.6 is 11.6 Å². The van der Waals surface area contributed by atoms with Gasteiger partial charge in [-0.2, -0.15) is 0 Å². The van der Waals surface area contributed by atoms with E-state index in [0.717, 1.165) is 17.0 Å². The minimum absolute atomic E-state index is 0.165. The molecular weight excluding hydrogens is 208 g/mol. The Hall–Kier alpha value is -0.530. The van der Waals surface area contributed by atoms with Crippen LogP contribution in [0.5, 0.6) is 0 Å². The molecule has 1 rings (SSSR count). The van der Waals surface area contributed by atoms with Gasteiger partial charge in [0.1, 0.15) is 0 Å². The molecule has 1 unspecified atom stereocenters. The average Bonchev–Trinajstić information content (AvgIpc) is 1.99. The highest BCUT2D eigenvalue weighted by molar-refractivity contribution is 6.30. The minimum Gasteiger partial charge on any atom is -0.393 e. The zero-order valence-corrected chi connectivity index (χ0v) is 10.4. The first-order chi connectivity index (χ1) is 6.87. The molecule has 0 saturated heterocycles. The molecule has 0 aliphatic heterocycles. The van der Waals surface area contributed by atoms with Crippen molar-refractivity contribution in [3.8, 4) is 0 Å². The highest BCUT2D eigenvalue weighted by atomic mass is 35.5. The van der Waals surface area contributed by atoms with Gasteiger partial charge in [-0.3, -0.25) is 0 Å². The predicted octanol–water partition coefficient (Wildman–Crippen LogP) is 3.68. The Morgan fingerprint density at radius 2 is 2.00 bits per heavy atom. The van der Waals surface area contributed by atoms with Crippen molar-refractivity contribution < 1.29 is 5.11 Å². The maximum absolute atomic E-state index is 9.89. The molecule has 15 heavy (non-hydrogen) atoms. The quantitative estimate of drug-likeness (QED) is 0.834. The molecule has 1 N–H and O–H groups in total. The van der Waals surface area contributed by atoms with Crippen LogP contribution in [0.3, 0.4) is 0 Å². The molecule has 0 saturated carbocycles. The van der Waals surface area contributed by atoms with Crippen molar-refractivity contribution in [2.75, 3.05) is 0 Å². The summed E-state index contributed by atoms with van der Waals surface area (Å²) in [4.78, 5) is 0. The maximum atomic E-state index is 9.89. The zero-order chi connectivity index (χ0) is 11.5. The third-order valence-electron chi connectivity index (χ3n) is 2.21. The van der Waals surface area contributed by atoms with Crippen LogP contribution in [-0.4, -0.2) is 11.2 Å². The van der Waals surface area contributed by atoms with Crippen LogP contribution in [0, 0.1) is 5.41 Å². The van der Waals surface area contributed by atoms with E-state index < -0.39 is 0 Å². The molecule has 1 nitrogen and oxygen atoms in total. The summed E-state index contributed by atoms with van der Waals surface area (Å²) in [6.45, 7) is 6.40. The van der Waals surface area contributed by atoms with Crippen molar-refractivity contribution in [2.45, 2.75) is 39.7 Å². The molecule has 2 heteroatoms. The van der Waals surface area contributed by atoms with E-state index >= 15 is 0 Å². The number of rotatable bonds is 3. The molecule has 0 amide bonds. The lowest BCUT2D eigenvalue weighted by Crippen LogP contribution is -2.19. The van der Waals surface area contributed by atoms with Crippen LogP contribution in [0.1, 0.15) is 32.8 Å². The lowest BCUT2D eigenvalue weighted by Gasteiger charge is -2.22. The Bertz CT molecular complexity index is 315. The number of hydrogen-bond acceptors (Lipinski definition) is 1. The SMILES string of the molecule is CC(C)(C)CC(O)Cc1cccc(Cl)c1. The van der Waals surface area contributed by atoms with Gasteiger partial charge in [-0.25, -0.2) is 0 Å². The van der Waals surface area contributed by atoms with Gasteiger partial charge < -0.3 is 5.11 Å². The fraction of sp³-hybridized carbons (Fsp3) is 0.538. The van der Waals surface area contributed by atoms with Gasteiger partial charge in [0.15, 0.2) is 0 Å². The van der Waals surface area contributed by atoms with E-state index in [1.165, 1.54) is 0 Å². The van der Waals surface area contributed by atoms with Gasteiger partial charge in [0, 0.05) is 5.02 Å². The molecule has 0 spiro atoms. The van der Waals surface area contributed by atoms with Gasteiger partial charge in [0.05, 0.1) is 6.10 Å². The number of benzene rings is 1. The van der Waals surface area contributed by atoms with E-state index in [0.29, 0.717) is 6.42 Å². The molecule has 0 fully saturated rings. The molecule has 0 aromatic heterocycles. The largest absolute Gasteiger partial charge is 0.393 e. The topological polar surface area (TPSA) is 20.2 Å². The average molecular weight is 227 g/mol. The molecule has 1 aromatic rings. The van der Waals surface area contributed by atoms with Crippen LogP contribution in [0.25, 0.3) is 0 Å². The zero-order valence-electron chi connectivity index (χ0n) is 9.63. The van der Waals surface area contributed by atoms with Crippen molar-refractivity contribution >= 4 is 11.6 Å². The number of aliphatic hydroxyl groups is 1. The second-order valence-corrected chi connectivity index (χ2v) is 5.69. The van der Waals surface area contributed by atoms with Gasteiger partial charge in [-0.15, -0.1) is 0 Å². The van der Waals surface area contributed by atoms with Crippen molar-refractivity contribution in [1.29, 1.82) is 0 Å². The molecule has 1 aromatic carbocycles. The van der Waals surface area contributed by atoms with E-state index in [9.17, 15) is 5.11 Å². The maximum Gasteiger partial charge on any atom is 0.0585 e. The Balaban J connectivity index is 2.55. The fourth-order valence-corrected chi connectivity index (χ4v) is 1.93. The normalized spacial score (nSPS) is 13.9. The highest BCUT2D eigenvalue weighted by Gasteiger charge is 2.16. The number of hydrogen-bond donors (Lipinski definition) is 1. The van der Waals surface area contributed by atoms with E-state index in [-0.39, 0.29) is 11.5 Å². The third kappa shape index (κ3) is 5.19. The Morgan fingerprint density at radius 1 is 1.33 bits per heavy atom. The monoisotopic (exact) mass is 226 g/mol. The van der Waals surface area contributed by atoms with Crippen molar-refractivity contribution in [1.82, 2.24) is 0 Å². The Labute approximate surface area is 97.1 Å². The van der Waals surface area contributed by atoms with E-state index in [1.807, 2.05) is 24.3 Å². The van der Waals surface area contributed by atoms with Crippen molar-refractivity contribution in [3.63, 3.8) is 0 Å². The minimum atomic E-state index is -0.288. The van der Waals surface area contributed by atoms with Crippen LogP contribution < -0.4 is 0 Å². The first kappa shape index (κ1) is 12.5. The standard InChI is InChI=1S/C13H19ClO/c1-13(2,3)9-12(15)8-10-5-4-6-11(14)7-10/h4-7,12,15H,8-9H2,1-3H3. The van der Waals surface area contributed by atoms with E-state index in [2.05, 4.69) is 20.8 Å². The molecule has 0 radical (unpaired) electrons. The molecule has 84 valence electrons. The lowest BCUT2D eigenvalue weighted by molar-refractivity contribution is 0.121. The summed E-state index contributed by atoms with van der Waals surface area (Å²) in [6, 6.07) is 7.67. The van der Waals surface area contributed by atoms with Gasteiger partial charge >= 0.3 is 0 Å². The second-order valence-electron chi connectivity index (χ2n) is 5.25. The molecule has 1 atom stereocenters. The first-order valence-electron chi connectivity index (χ1n) is 5.29. The van der Waals surface area contributed by atoms with Crippen LogP contribution in [0.2, 0.25) is 5.02 Å². The van der Waals surface area contributed by atoms with Crippen LogP contribution in [0.4, 0.5) is 0 Å². The third-order valence-corrected chi connectivity index (χ3v) is 2.44. The summed E-state index contributed by atoms with van der Waals surface area (Å²) < 4.78 is 0. The van der Waals surface area contributed by atoms with Gasteiger partial charge in [-0.1, -0.05) is 44.5 Å². The highest BCUT2D eigenvalue weighted by Crippen LogP contribution is 2.23. The second kappa shape index (κ2) is 5.00. The number of halogens is 1. The first-order valence-corrected chi connectivity index (χ1v) is 5.67. The van der Waals surface area contributed by atoms with Crippen molar-refractivity contribution in [2.24, 2.45) is 5.41 Å². The summed E-state index contributed by atoms with van der Waals surface area (Å²) in [7, 11) is 0. The lowest BCUT2D eigenvalue weighted by atomic mass is 9.87. The molecule has 0 aliphatic carbocycles. The summed E-state index contributed by atoms with van der Waals surface area (Å²) in [6.07, 6.45) is 1.20. The van der Waals surface area contributed by atoms with Gasteiger partial charge in [-0.05, 0) is 36.0 Å². The summed E-state index contributed by atoms with van der Waals surface area (Å²) in [5.41, 5.74) is 1.26. The molecule has 0 bridgehead atoms. The van der Waals surface area contributed by atoms with Gasteiger partial charge in [0.25, 0.3) is 0 Å². The summed E-state index contributed by atoms with van der Waals surface area (Å²) in [5.74, 6) is 0. The van der Waals surface area contributed by atoms with E-state index in [1.54, 1.807) is 0 Å². The molecule has 0 heterocycles. The van der Waals surface area contributed by atoms with Gasteiger partial charge in [0.2, 0.25) is 0 Å². The Morgan fingerprint density at radius 3 is 2.53 bits per heavy atom. The van der Waals surface area contributed by atoms with Crippen LogP contribution in [-0.2, 0) is 6.42 Å². The Kier molecular flexibility index (Phi) is 4.18. The van der Waals surface area contributed by atoms with Crippen molar-refractivity contribution in [3.05, 3.63) is 34.9 Å². The fourth-order valence-electron chi connectivity index (χ4n) is 1.72. The van der Waals surface area contributed by atoms with Crippen LogP contribution in [0.15, 0.2) is 24.3 Å². The smallest absolute Gasteiger partial charge is 0.0585 e. The summed E-state index contributed by atoms with van der Waals surface area (Å²) >= 11 is 5.88. The number of aliphatic hydroxyl groups excluding tert-OH is 1. The predicted molar refractivity (Wildman–Crippen MR) is 65.2 cm³/mol. The van der Waals surface area contributed by atoms with E-state index in [4.69, 9.17) is 11.6 Å². The summed E-state index contributed by atoms with van der Waals surface area (Å²) in [5, 5.41) is 10.6. The molecule has 0 aliphatic rings.